The Morgan fingerprint density at radius 3 is 2.89 bits per heavy atom. The normalized spacial score (nSPS) is 23.7. The molecule has 19 heavy (non-hydrogen) atoms. The average Bonchev–Trinajstić information content (AvgIpc) is 2.97. The maximum Gasteiger partial charge on any atom is 0.261 e. The van der Waals surface area contributed by atoms with E-state index in [1.807, 2.05) is 19.9 Å². The lowest BCUT2D eigenvalue weighted by Gasteiger charge is -2.30. The zero-order valence-electron chi connectivity index (χ0n) is 11.1. The largest absolute Gasteiger partial charge is 0.390 e. The van der Waals surface area contributed by atoms with E-state index in [1.54, 1.807) is 0 Å². The number of nitrogen functional groups attached to an aromatic ring is 1. The number of rotatable bonds is 2. The first-order valence-electron chi connectivity index (χ1n) is 6.43. The van der Waals surface area contributed by atoms with Crippen LogP contribution in [0.1, 0.15) is 36.9 Å². The van der Waals surface area contributed by atoms with Gasteiger partial charge in [-0.25, -0.2) is 0 Å². The van der Waals surface area contributed by atoms with Gasteiger partial charge in [0.1, 0.15) is 5.60 Å². The van der Waals surface area contributed by atoms with Crippen LogP contribution in [0.2, 0.25) is 0 Å². The van der Waals surface area contributed by atoms with Gasteiger partial charge in [-0.1, -0.05) is 5.16 Å². The van der Waals surface area contributed by atoms with E-state index in [-0.39, 0.29) is 0 Å². The standard InChI is InChI=1S/C13H17N3O2S/c1-8-7-9(10(14)19-8)11-15-12(16-18-11)13(2)5-3-4-6-17-13/h7H,3-6,14H2,1-2H3. The molecular weight excluding hydrogens is 262 g/mol. The molecule has 0 amide bonds. The number of anilines is 1. The molecule has 2 aromatic heterocycles. The minimum absolute atomic E-state index is 0.431. The fraction of sp³-hybridized carbons (Fsp3) is 0.538. The monoisotopic (exact) mass is 279 g/mol. The summed E-state index contributed by atoms with van der Waals surface area (Å²) in [5.41, 5.74) is 6.34. The van der Waals surface area contributed by atoms with Crippen LogP contribution < -0.4 is 5.73 Å². The van der Waals surface area contributed by atoms with Crippen molar-refractivity contribution in [2.24, 2.45) is 0 Å². The summed E-state index contributed by atoms with van der Waals surface area (Å²) in [6, 6.07) is 1.97. The molecule has 1 saturated heterocycles. The van der Waals surface area contributed by atoms with Crippen molar-refractivity contribution in [2.45, 2.75) is 38.7 Å². The summed E-state index contributed by atoms with van der Waals surface area (Å²) in [7, 11) is 0. The molecule has 2 aromatic rings. The molecule has 1 atom stereocenters. The first kappa shape index (κ1) is 12.6. The molecule has 0 spiro atoms. The Morgan fingerprint density at radius 2 is 2.26 bits per heavy atom. The second kappa shape index (κ2) is 4.61. The highest BCUT2D eigenvalue weighted by Crippen LogP contribution is 2.36. The maximum absolute atomic E-state index is 5.95. The Hall–Kier alpha value is -1.40. The highest BCUT2D eigenvalue weighted by Gasteiger charge is 2.35. The smallest absolute Gasteiger partial charge is 0.261 e. The van der Waals surface area contributed by atoms with Gasteiger partial charge in [-0.2, -0.15) is 4.98 Å². The minimum Gasteiger partial charge on any atom is -0.390 e. The summed E-state index contributed by atoms with van der Waals surface area (Å²) >= 11 is 1.53. The van der Waals surface area contributed by atoms with Gasteiger partial charge >= 0.3 is 0 Å². The number of nitrogens with zero attached hydrogens (tertiary/aromatic N) is 2. The molecule has 1 aliphatic heterocycles. The van der Waals surface area contributed by atoms with Gasteiger partial charge in [0.05, 0.1) is 10.6 Å². The number of aryl methyl sites for hydroxylation is 1. The van der Waals surface area contributed by atoms with E-state index in [0.29, 0.717) is 16.7 Å². The quantitative estimate of drug-likeness (QED) is 0.914. The second-order valence-electron chi connectivity index (χ2n) is 5.09. The zero-order valence-corrected chi connectivity index (χ0v) is 11.9. The number of hydrogen-bond donors (Lipinski definition) is 1. The lowest BCUT2D eigenvalue weighted by Crippen LogP contribution is -2.31. The summed E-state index contributed by atoms with van der Waals surface area (Å²) in [6.07, 6.45) is 3.14. The predicted molar refractivity (Wildman–Crippen MR) is 73.9 cm³/mol. The SMILES string of the molecule is Cc1cc(-c2nc(C3(C)CCCCO3)no2)c(N)s1. The Labute approximate surface area is 115 Å². The van der Waals surface area contributed by atoms with Crippen molar-refractivity contribution in [1.29, 1.82) is 0 Å². The minimum atomic E-state index is -0.431. The fourth-order valence-electron chi connectivity index (χ4n) is 2.36. The van der Waals surface area contributed by atoms with Crippen molar-refractivity contribution in [3.05, 3.63) is 16.8 Å². The van der Waals surface area contributed by atoms with Crippen molar-refractivity contribution in [1.82, 2.24) is 10.1 Å². The summed E-state index contributed by atoms with van der Waals surface area (Å²) < 4.78 is 11.2. The molecule has 2 N–H and O–H groups in total. The average molecular weight is 279 g/mol. The van der Waals surface area contributed by atoms with Crippen molar-refractivity contribution in [3.8, 4) is 11.5 Å². The fourth-order valence-corrected chi connectivity index (χ4v) is 3.14. The molecule has 1 fully saturated rings. The van der Waals surface area contributed by atoms with E-state index in [9.17, 15) is 0 Å². The van der Waals surface area contributed by atoms with Crippen LogP contribution in [0.15, 0.2) is 10.6 Å². The molecule has 102 valence electrons. The number of ether oxygens (including phenoxy) is 1. The van der Waals surface area contributed by atoms with Crippen molar-refractivity contribution < 1.29 is 9.26 Å². The Morgan fingerprint density at radius 1 is 1.42 bits per heavy atom. The van der Waals surface area contributed by atoms with E-state index in [0.717, 1.165) is 36.3 Å². The Bertz CT molecular complexity index is 584. The van der Waals surface area contributed by atoms with Gasteiger partial charge in [0.25, 0.3) is 5.89 Å². The Balaban J connectivity index is 1.93. The van der Waals surface area contributed by atoms with Gasteiger partial charge in [0.15, 0.2) is 0 Å². The molecular formula is C13H17N3O2S. The first-order chi connectivity index (χ1) is 9.08. The van der Waals surface area contributed by atoms with Crippen LogP contribution in [-0.2, 0) is 10.3 Å². The molecule has 0 aromatic carbocycles. The number of nitrogens with two attached hydrogens (primary N) is 1. The third kappa shape index (κ3) is 2.26. The Kier molecular flexibility index (Phi) is 3.06. The number of hydrogen-bond acceptors (Lipinski definition) is 6. The van der Waals surface area contributed by atoms with E-state index < -0.39 is 5.60 Å². The third-order valence-corrected chi connectivity index (χ3v) is 4.36. The lowest BCUT2D eigenvalue weighted by molar-refractivity contribution is -0.0770. The van der Waals surface area contributed by atoms with Crippen molar-refractivity contribution >= 4 is 16.3 Å². The summed E-state index contributed by atoms with van der Waals surface area (Å²) in [5, 5.41) is 4.79. The molecule has 0 bridgehead atoms. The van der Waals surface area contributed by atoms with Gasteiger partial charge in [0, 0.05) is 11.5 Å². The van der Waals surface area contributed by atoms with Crippen LogP contribution in [-0.4, -0.2) is 16.7 Å². The van der Waals surface area contributed by atoms with Crippen LogP contribution in [0.25, 0.3) is 11.5 Å². The van der Waals surface area contributed by atoms with Gasteiger partial charge in [0.2, 0.25) is 5.82 Å². The van der Waals surface area contributed by atoms with Crippen LogP contribution in [0, 0.1) is 6.92 Å². The van der Waals surface area contributed by atoms with Crippen molar-refractivity contribution in [2.75, 3.05) is 12.3 Å². The lowest BCUT2D eigenvalue weighted by atomic mass is 9.95. The summed E-state index contributed by atoms with van der Waals surface area (Å²) in [5.74, 6) is 1.10. The van der Waals surface area contributed by atoms with Gasteiger partial charge in [-0.05, 0) is 39.2 Å². The number of aromatic nitrogens is 2. The van der Waals surface area contributed by atoms with Crippen LogP contribution >= 0.6 is 11.3 Å². The highest BCUT2D eigenvalue weighted by molar-refractivity contribution is 7.16. The predicted octanol–water partition coefficient (Wildman–Crippen LogP) is 3.10. The molecule has 0 aliphatic carbocycles. The van der Waals surface area contributed by atoms with Gasteiger partial charge in [-0.15, -0.1) is 11.3 Å². The maximum atomic E-state index is 5.95. The molecule has 3 heterocycles. The van der Waals surface area contributed by atoms with Crippen LogP contribution in [0.4, 0.5) is 5.00 Å². The van der Waals surface area contributed by atoms with Gasteiger partial charge in [-0.3, -0.25) is 0 Å². The molecule has 1 unspecified atom stereocenters. The van der Waals surface area contributed by atoms with E-state index in [4.69, 9.17) is 15.0 Å². The third-order valence-electron chi connectivity index (χ3n) is 3.48. The molecule has 6 heteroatoms. The van der Waals surface area contributed by atoms with E-state index in [2.05, 4.69) is 10.1 Å². The second-order valence-corrected chi connectivity index (χ2v) is 6.38. The highest BCUT2D eigenvalue weighted by atomic mass is 32.1. The molecule has 1 aliphatic rings. The van der Waals surface area contributed by atoms with E-state index in [1.165, 1.54) is 11.3 Å². The molecule has 3 rings (SSSR count). The van der Waals surface area contributed by atoms with Crippen LogP contribution in [0.3, 0.4) is 0 Å². The topological polar surface area (TPSA) is 74.2 Å². The van der Waals surface area contributed by atoms with E-state index >= 15 is 0 Å². The molecule has 0 radical (unpaired) electrons. The number of thiophene rings is 1. The van der Waals surface area contributed by atoms with Gasteiger partial charge < -0.3 is 15.0 Å². The van der Waals surface area contributed by atoms with Crippen LogP contribution in [0.5, 0.6) is 0 Å². The zero-order chi connectivity index (χ0) is 13.5. The molecule has 0 saturated carbocycles. The first-order valence-corrected chi connectivity index (χ1v) is 7.24. The molecule has 5 nitrogen and oxygen atoms in total. The van der Waals surface area contributed by atoms with Crippen molar-refractivity contribution in [3.63, 3.8) is 0 Å². The summed E-state index contributed by atoms with van der Waals surface area (Å²) in [6.45, 7) is 4.77. The summed E-state index contributed by atoms with van der Waals surface area (Å²) in [4.78, 5) is 5.61.